The highest BCUT2D eigenvalue weighted by Gasteiger charge is 2.41. The van der Waals surface area contributed by atoms with E-state index in [1.54, 1.807) is 12.1 Å². The Kier molecular flexibility index (Phi) is 3.12. The Balaban J connectivity index is 1.76. The van der Waals surface area contributed by atoms with Gasteiger partial charge in [0.2, 0.25) is 0 Å². The molecule has 2 atom stereocenters. The van der Waals surface area contributed by atoms with Crippen LogP contribution in [-0.2, 0) is 4.74 Å². The van der Waals surface area contributed by atoms with Crippen molar-refractivity contribution in [2.75, 3.05) is 6.61 Å². The standard InChI is InChI=1S/C15H20FNO/c1-11-14(12-5-4-6-13(16)9-12)18-10-15(17-11)7-2-3-8-15/h4-6,9,11,14,17H,2-3,7-8,10H2,1H3. The number of ether oxygens (including phenoxy) is 1. The predicted octanol–water partition coefficient (Wildman–Crippen LogP) is 3.19. The molecule has 1 saturated carbocycles. The molecule has 1 saturated heterocycles. The first-order valence-electron chi connectivity index (χ1n) is 6.83. The van der Waals surface area contributed by atoms with E-state index >= 15 is 0 Å². The molecule has 1 N–H and O–H groups in total. The zero-order valence-corrected chi connectivity index (χ0v) is 10.8. The van der Waals surface area contributed by atoms with Crippen LogP contribution < -0.4 is 5.32 Å². The fourth-order valence-corrected chi connectivity index (χ4v) is 3.40. The van der Waals surface area contributed by atoms with E-state index in [4.69, 9.17) is 4.74 Å². The topological polar surface area (TPSA) is 21.3 Å². The maximum Gasteiger partial charge on any atom is 0.123 e. The van der Waals surface area contributed by atoms with Gasteiger partial charge >= 0.3 is 0 Å². The van der Waals surface area contributed by atoms with Crippen molar-refractivity contribution >= 4 is 0 Å². The molecule has 0 amide bonds. The summed E-state index contributed by atoms with van der Waals surface area (Å²) in [6, 6.07) is 6.98. The van der Waals surface area contributed by atoms with Crippen LogP contribution in [0.5, 0.6) is 0 Å². The summed E-state index contributed by atoms with van der Waals surface area (Å²) in [7, 11) is 0. The Bertz CT molecular complexity index is 428. The first-order chi connectivity index (χ1) is 8.69. The van der Waals surface area contributed by atoms with Crippen molar-refractivity contribution in [3.05, 3.63) is 35.6 Å². The van der Waals surface area contributed by atoms with E-state index in [9.17, 15) is 4.39 Å². The molecular weight excluding hydrogens is 229 g/mol. The van der Waals surface area contributed by atoms with Crippen molar-refractivity contribution in [3.63, 3.8) is 0 Å². The molecule has 1 heterocycles. The third-order valence-corrected chi connectivity index (χ3v) is 4.27. The van der Waals surface area contributed by atoms with Crippen LogP contribution in [0.25, 0.3) is 0 Å². The van der Waals surface area contributed by atoms with Crippen LogP contribution >= 0.6 is 0 Å². The van der Waals surface area contributed by atoms with Gasteiger partial charge in [0.05, 0.1) is 12.7 Å². The van der Waals surface area contributed by atoms with Crippen LogP contribution in [0.3, 0.4) is 0 Å². The predicted molar refractivity (Wildman–Crippen MR) is 68.9 cm³/mol. The molecule has 2 unspecified atom stereocenters. The molecule has 2 fully saturated rings. The molecule has 98 valence electrons. The van der Waals surface area contributed by atoms with Gasteiger partial charge in [0.1, 0.15) is 5.82 Å². The maximum atomic E-state index is 13.3. The van der Waals surface area contributed by atoms with Gasteiger partial charge in [0.15, 0.2) is 0 Å². The third-order valence-electron chi connectivity index (χ3n) is 4.27. The maximum absolute atomic E-state index is 13.3. The SMILES string of the molecule is CC1NC2(CCCC2)COC1c1cccc(F)c1. The minimum atomic E-state index is -0.190. The van der Waals surface area contributed by atoms with Crippen molar-refractivity contribution in [3.8, 4) is 0 Å². The second-order valence-electron chi connectivity index (χ2n) is 5.71. The summed E-state index contributed by atoms with van der Waals surface area (Å²) in [5.74, 6) is -0.190. The van der Waals surface area contributed by atoms with Gasteiger partial charge in [-0.3, -0.25) is 0 Å². The van der Waals surface area contributed by atoms with E-state index in [0.29, 0.717) is 0 Å². The minimum absolute atomic E-state index is 0.0353. The lowest BCUT2D eigenvalue weighted by Crippen LogP contribution is -2.57. The van der Waals surface area contributed by atoms with E-state index < -0.39 is 0 Å². The highest BCUT2D eigenvalue weighted by molar-refractivity contribution is 5.21. The zero-order chi connectivity index (χ0) is 12.6. The fourth-order valence-electron chi connectivity index (χ4n) is 3.40. The zero-order valence-electron chi connectivity index (χ0n) is 10.8. The van der Waals surface area contributed by atoms with Gasteiger partial charge in [0, 0.05) is 11.6 Å². The molecule has 0 aromatic heterocycles. The van der Waals surface area contributed by atoms with Gasteiger partial charge in [-0.05, 0) is 37.5 Å². The summed E-state index contributed by atoms with van der Waals surface area (Å²) >= 11 is 0. The van der Waals surface area contributed by atoms with Crippen molar-refractivity contribution < 1.29 is 9.13 Å². The van der Waals surface area contributed by atoms with Crippen LogP contribution in [0.2, 0.25) is 0 Å². The highest BCUT2D eigenvalue weighted by Crippen LogP contribution is 2.37. The Morgan fingerprint density at radius 2 is 2.11 bits per heavy atom. The summed E-state index contributed by atoms with van der Waals surface area (Å²) in [5, 5.41) is 3.71. The first kappa shape index (κ1) is 12.1. The van der Waals surface area contributed by atoms with Crippen LogP contribution in [0, 0.1) is 5.82 Å². The lowest BCUT2D eigenvalue weighted by Gasteiger charge is -2.43. The van der Waals surface area contributed by atoms with Gasteiger partial charge in [-0.15, -0.1) is 0 Å². The lowest BCUT2D eigenvalue weighted by molar-refractivity contribution is -0.0588. The summed E-state index contributed by atoms with van der Waals surface area (Å²) in [6.07, 6.45) is 4.94. The van der Waals surface area contributed by atoms with E-state index in [1.165, 1.54) is 31.7 Å². The summed E-state index contributed by atoms with van der Waals surface area (Å²) in [6.45, 7) is 2.88. The van der Waals surface area contributed by atoms with Crippen molar-refractivity contribution in [1.29, 1.82) is 0 Å². The van der Waals surface area contributed by atoms with Gasteiger partial charge in [-0.2, -0.15) is 0 Å². The Morgan fingerprint density at radius 1 is 1.33 bits per heavy atom. The number of nitrogens with one attached hydrogen (secondary N) is 1. The molecule has 3 rings (SSSR count). The second kappa shape index (κ2) is 4.63. The van der Waals surface area contributed by atoms with E-state index in [1.807, 2.05) is 6.07 Å². The van der Waals surface area contributed by atoms with Crippen LogP contribution in [-0.4, -0.2) is 18.2 Å². The van der Waals surface area contributed by atoms with Crippen molar-refractivity contribution in [2.45, 2.75) is 50.3 Å². The van der Waals surface area contributed by atoms with Gasteiger partial charge in [-0.25, -0.2) is 4.39 Å². The van der Waals surface area contributed by atoms with E-state index in [2.05, 4.69) is 12.2 Å². The smallest absolute Gasteiger partial charge is 0.123 e. The number of rotatable bonds is 1. The van der Waals surface area contributed by atoms with Crippen LogP contribution in [0.1, 0.15) is 44.3 Å². The second-order valence-corrected chi connectivity index (χ2v) is 5.71. The lowest BCUT2D eigenvalue weighted by atomic mass is 9.91. The van der Waals surface area contributed by atoms with Crippen LogP contribution in [0.15, 0.2) is 24.3 Å². The third kappa shape index (κ3) is 2.17. The van der Waals surface area contributed by atoms with E-state index in [0.717, 1.165) is 12.2 Å². The van der Waals surface area contributed by atoms with Gasteiger partial charge in [0.25, 0.3) is 0 Å². The Morgan fingerprint density at radius 3 is 2.78 bits per heavy atom. The largest absolute Gasteiger partial charge is 0.370 e. The monoisotopic (exact) mass is 249 g/mol. The Labute approximate surface area is 108 Å². The van der Waals surface area contributed by atoms with Crippen molar-refractivity contribution in [2.24, 2.45) is 0 Å². The number of hydrogen-bond donors (Lipinski definition) is 1. The summed E-state index contributed by atoms with van der Waals surface area (Å²) in [5.41, 5.74) is 1.12. The molecule has 1 aliphatic carbocycles. The molecule has 2 nitrogen and oxygen atoms in total. The molecule has 3 heteroatoms. The molecule has 1 aromatic rings. The Hall–Kier alpha value is -0.930. The van der Waals surface area contributed by atoms with Crippen molar-refractivity contribution in [1.82, 2.24) is 5.32 Å². The molecule has 2 aliphatic rings. The summed E-state index contributed by atoms with van der Waals surface area (Å²) < 4.78 is 19.3. The molecule has 18 heavy (non-hydrogen) atoms. The minimum Gasteiger partial charge on any atom is -0.370 e. The average Bonchev–Trinajstić information content (AvgIpc) is 2.77. The first-order valence-corrected chi connectivity index (χ1v) is 6.83. The molecular formula is C15H20FNO. The van der Waals surface area contributed by atoms with E-state index in [-0.39, 0.29) is 23.5 Å². The van der Waals surface area contributed by atoms with Crippen LogP contribution in [0.4, 0.5) is 4.39 Å². The number of benzene rings is 1. The number of halogens is 1. The van der Waals surface area contributed by atoms with Gasteiger partial charge < -0.3 is 10.1 Å². The molecule has 0 bridgehead atoms. The quantitative estimate of drug-likeness (QED) is 0.825. The highest BCUT2D eigenvalue weighted by atomic mass is 19.1. The van der Waals surface area contributed by atoms with Gasteiger partial charge in [-0.1, -0.05) is 25.0 Å². The number of morpholine rings is 1. The average molecular weight is 249 g/mol. The fraction of sp³-hybridized carbons (Fsp3) is 0.600. The molecule has 1 aliphatic heterocycles. The molecule has 0 radical (unpaired) electrons. The molecule has 1 aromatic carbocycles. The number of hydrogen-bond acceptors (Lipinski definition) is 2. The summed E-state index contributed by atoms with van der Waals surface area (Å²) in [4.78, 5) is 0. The normalized spacial score (nSPS) is 30.8. The molecule has 1 spiro atoms.